The van der Waals surface area contributed by atoms with Gasteiger partial charge in [0.1, 0.15) is 5.78 Å². The van der Waals surface area contributed by atoms with Crippen LogP contribution in [0.25, 0.3) is 0 Å². The van der Waals surface area contributed by atoms with E-state index in [9.17, 15) is 9.90 Å². The number of rotatable bonds is 1. The highest BCUT2D eigenvalue weighted by atomic mass is 16.5. The number of phenolic OH excluding ortho intramolecular Hbond substituents is 1. The van der Waals surface area contributed by atoms with E-state index in [1.54, 1.807) is 7.11 Å². The van der Waals surface area contributed by atoms with Crippen molar-refractivity contribution in [2.24, 2.45) is 16.7 Å². The standard InChI is InChI=1S/C20H26O3/c1-19-9-7-18(22)20(19,2)8-6-13-14-11-17(23-3)16(21)10-12(14)4-5-15(13)19/h10-11,13,15,21H,4-9H2,1-3H3/t13-,15-,19+,20?/m1/s1. The first-order valence-electron chi connectivity index (χ1n) is 8.84. The molecule has 0 heterocycles. The zero-order valence-corrected chi connectivity index (χ0v) is 14.3. The first kappa shape index (κ1) is 15.0. The number of carbonyl (C=O) groups excluding carboxylic acids is 1. The van der Waals surface area contributed by atoms with Crippen LogP contribution in [0.15, 0.2) is 12.1 Å². The monoisotopic (exact) mass is 314 g/mol. The minimum atomic E-state index is -0.132. The van der Waals surface area contributed by atoms with Crippen LogP contribution in [-0.2, 0) is 11.2 Å². The number of ketones is 1. The third kappa shape index (κ3) is 1.79. The van der Waals surface area contributed by atoms with Crippen molar-refractivity contribution in [3.8, 4) is 11.5 Å². The van der Waals surface area contributed by atoms with E-state index < -0.39 is 0 Å². The van der Waals surface area contributed by atoms with Gasteiger partial charge in [-0.2, -0.15) is 0 Å². The Morgan fingerprint density at radius 2 is 1.96 bits per heavy atom. The maximum absolute atomic E-state index is 12.5. The average molecular weight is 314 g/mol. The number of aryl methyl sites for hydroxylation is 1. The average Bonchev–Trinajstić information content (AvgIpc) is 2.78. The third-order valence-electron chi connectivity index (χ3n) is 7.57. The van der Waals surface area contributed by atoms with E-state index in [0.29, 0.717) is 23.4 Å². The summed E-state index contributed by atoms with van der Waals surface area (Å²) in [6.45, 7) is 4.57. The molecule has 4 rings (SSSR count). The van der Waals surface area contributed by atoms with Crippen molar-refractivity contribution in [3.63, 3.8) is 0 Å². The summed E-state index contributed by atoms with van der Waals surface area (Å²) in [5.41, 5.74) is 2.60. The first-order chi connectivity index (χ1) is 10.9. The molecule has 1 aromatic rings. The molecule has 0 amide bonds. The number of Topliss-reactive ketones (excluding diaryl/α,β-unsaturated/α-hetero) is 1. The Balaban J connectivity index is 1.79. The fraction of sp³-hybridized carbons (Fsp3) is 0.650. The number of methoxy groups -OCH3 is 1. The lowest BCUT2D eigenvalue weighted by Crippen LogP contribution is -2.49. The van der Waals surface area contributed by atoms with E-state index in [-0.39, 0.29) is 16.6 Å². The van der Waals surface area contributed by atoms with Crippen LogP contribution in [0.2, 0.25) is 0 Å². The predicted molar refractivity (Wildman–Crippen MR) is 88.9 cm³/mol. The van der Waals surface area contributed by atoms with E-state index in [1.165, 1.54) is 11.1 Å². The lowest BCUT2D eigenvalue weighted by molar-refractivity contribution is -0.135. The molecule has 4 atom stereocenters. The van der Waals surface area contributed by atoms with E-state index >= 15 is 0 Å². The Hall–Kier alpha value is -1.51. The minimum Gasteiger partial charge on any atom is -0.504 e. The predicted octanol–water partition coefficient (Wildman–Crippen LogP) is 4.22. The van der Waals surface area contributed by atoms with E-state index in [0.717, 1.165) is 38.5 Å². The van der Waals surface area contributed by atoms with Crippen molar-refractivity contribution >= 4 is 5.78 Å². The van der Waals surface area contributed by atoms with Crippen molar-refractivity contribution in [2.75, 3.05) is 7.11 Å². The molecule has 2 saturated carbocycles. The van der Waals surface area contributed by atoms with E-state index in [2.05, 4.69) is 13.8 Å². The van der Waals surface area contributed by atoms with Gasteiger partial charge in [0.2, 0.25) is 0 Å². The van der Waals surface area contributed by atoms with Crippen LogP contribution in [0.1, 0.15) is 63.0 Å². The van der Waals surface area contributed by atoms with Gasteiger partial charge in [-0.05, 0) is 72.6 Å². The summed E-state index contributed by atoms with van der Waals surface area (Å²) in [6, 6.07) is 3.94. The Morgan fingerprint density at radius 3 is 2.70 bits per heavy atom. The van der Waals surface area contributed by atoms with Crippen LogP contribution in [0, 0.1) is 16.7 Å². The Bertz CT molecular complexity index is 680. The third-order valence-corrected chi connectivity index (χ3v) is 7.57. The molecule has 124 valence electrons. The molecule has 3 heteroatoms. The number of phenols is 1. The lowest BCUT2D eigenvalue weighted by atomic mass is 9.48. The van der Waals surface area contributed by atoms with Crippen LogP contribution in [0.4, 0.5) is 0 Å². The van der Waals surface area contributed by atoms with Crippen LogP contribution in [-0.4, -0.2) is 18.0 Å². The number of hydrogen-bond acceptors (Lipinski definition) is 3. The van der Waals surface area contributed by atoms with Gasteiger partial charge in [-0.1, -0.05) is 13.8 Å². The second kappa shape index (κ2) is 4.75. The fourth-order valence-electron chi connectivity index (χ4n) is 5.91. The summed E-state index contributed by atoms with van der Waals surface area (Å²) in [6.07, 6.45) is 5.97. The first-order valence-corrected chi connectivity index (χ1v) is 8.84. The summed E-state index contributed by atoms with van der Waals surface area (Å²) < 4.78 is 5.34. The second-order valence-corrected chi connectivity index (χ2v) is 8.19. The number of ether oxygens (including phenoxy) is 1. The molecule has 23 heavy (non-hydrogen) atoms. The van der Waals surface area contributed by atoms with Crippen molar-refractivity contribution < 1.29 is 14.6 Å². The van der Waals surface area contributed by atoms with Gasteiger partial charge in [-0.15, -0.1) is 0 Å². The SMILES string of the molecule is COc1cc2c(cc1O)CC[C@@H]1[C@@H]2CCC2(C)C(=O)CC[C@@]12C. The number of aromatic hydroxyl groups is 1. The highest BCUT2D eigenvalue weighted by molar-refractivity contribution is 5.88. The molecule has 2 fully saturated rings. The van der Waals surface area contributed by atoms with Crippen molar-refractivity contribution in [3.05, 3.63) is 23.3 Å². The summed E-state index contributed by atoms with van der Waals surface area (Å²) >= 11 is 0. The molecule has 0 radical (unpaired) electrons. The normalized spacial score (nSPS) is 38.7. The molecule has 3 aliphatic rings. The Kier molecular flexibility index (Phi) is 3.11. The molecule has 0 aliphatic heterocycles. The van der Waals surface area contributed by atoms with Crippen molar-refractivity contribution in [1.82, 2.24) is 0 Å². The molecular weight excluding hydrogens is 288 g/mol. The summed E-state index contributed by atoms with van der Waals surface area (Å²) in [5, 5.41) is 10.1. The molecule has 3 aliphatic carbocycles. The molecule has 0 bridgehead atoms. The smallest absolute Gasteiger partial charge is 0.160 e. The lowest BCUT2D eigenvalue weighted by Gasteiger charge is -2.55. The second-order valence-electron chi connectivity index (χ2n) is 8.19. The number of benzene rings is 1. The molecule has 1 aromatic carbocycles. The highest BCUT2D eigenvalue weighted by Gasteiger charge is 2.61. The van der Waals surface area contributed by atoms with Crippen LogP contribution < -0.4 is 4.74 Å². The van der Waals surface area contributed by atoms with Crippen molar-refractivity contribution in [2.45, 2.75) is 58.3 Å². The van der Waals surface area contributed by atoms with Crippen molar-refractivity contribution in [1.29, 1.82) is 0 Å². The minimum absolute atomic E-state index is 0.121. The Morgan fingerprint density at radius 1 is 1.17 bits per heavy atom. The van der Waals surface area contributed by atoms with Gasteiger partial charge in [0.25, 0.3) is 0 Å². The van der Waals surface area contributed by atoms with Gasteiger partial charge >= 0.3 is 0 Å². The van der Waals surface area contributed by atoms with Gasteiger partial charge in [0, 0.05) is 11.8 Å². The van der Waals surface area contributed by atoms with Gasteiger partial charge < -0.3 is 9.84 Å². The maximum atomic E-state index is 12.5. The number of carbonyl (C=O) groups is 1. The summed E-state index contributed by atoms with van der Waals surface area (Å²) in [5.74, 6) is 2.36. The zero-order valence-electron chi connectivity index (χ0n) is 14.3. The largest absolute Gasteiger partial charge is 0.504 e. The molecule has 1 unspecified atom stereocenters. The number of fused-ring (bicyclic) bond motifs is 5. The molecule has 0 aromatic heterocycles. The molecule has 0 spiro atoms. The van der Waals surface area contributed by atoms with Gasteiger partial charge in [-0.25, -0.2) is 0 Å². The number of hydrogen-bond donors (Lipinski definition) is 1. The Labute approximate surface area is 138 Å². The topological polar surface area (TPSA) is 46.5 Å². The molecule has 1 N–H and O–H groups in total. The summed E-state index contributed by atoms with van der Waals surface area (Å²) in [7, 11) is 1.61. The zero-order chi connectivity index (χ0) is 16.4. The maximum Gasteiger partial charge on any atom is 0.160 e. The summed E-state index contributed by atoms with van der Waals surface area (Å²) in [4.78, 5) is 12.5. The van der Waals surface area contributed by atoms with Gasteiger partial charge in [0.05, 0.1) is 7.11 Å². The highest BCUT2D eigenvalue weighted by Crippen LogP contribution is 2.66. The van der Waals surface area contributed by atoms with Crippen LogP contribution in [0.5, 0.6) is 11.5 Å². The van der Waals surface area contributed by atoms with E-state index in [4.69, 9.17) is 4.74 Å². The van der Waals surface area contributed by atoms with Gasteiger partial charge in [-0.3, -0.25) is 4.79 Å². The molecule has 3 nitrogen and oxygen atoms in total. The molecular formula is C20H26O3. The quantitative estimate of drug-likeness (QED) is 0.844. The molecule has 0 saturated heterocycles. The fourth-order valence-corrected chi connectivity index (χ4v) is 5.91. The van der Waals surface area contributed by atoms with Crippen LogP contribution in [0.3, 0.4) is 0 Å². The van der Waals surface area contributed by atoms with Crippen LogP contribution >= 0.6 is 0 Å². The van der Waals surface area contributed by atoms with Gasteiger partial charge in [0.15, 0.2) is 11.5 Å². The van der Waals surface area contributed by atoms with E-state index in [1.807, 2.05) is 12.1 Å².